The topological polar surface area (TPSA) is 26.3 Å². The largest absolute Gasteiger partial charge is 0.465 e. The Morgan fingerprint density at radius 3 is 2.29 bits per heavy atom. The molecule has 2 rings (SSSR count). The van der Waals surface area contributed by atoms with E-state index < -0.39 is 5.97 Å². The molecule has 0 atom stereocenters. The lowest BCUT2D eigenvalue weighted by Gasteiger charge is -2.04. The second kappa shape index (κ2) is 4.78. The number of benzene rings is 2. The van der Waals surface area contributed by atoms with Crippen molar-refractivity contribution in [3.05, 3.63) is 59.9 Å². The van der Waals surface area contributed by atoms with Gasteiger partial charge in [-0.05, 0) is 23.8 Å². The molecule has 0 aromatic heterocycles. The summed E-state index contributed by atoms with van der Waals surface area (Å²) in [5, 5.41) is 0. The van der Waals surface area contributed by atoms with Crippen LogP contribution in [0.5, 0.6) is 0 Å². The van der Waals surface area contributed by atoms with Crippen LogP contribution in [0.4, 0.5) is 4.39 Å². The van der Waals surface area contributed by atoms with Crippen molar-refractivity contribution in [1.29, 1.82) is 0 Å². The standard InChI is InChI=1S/C14H11FO2/c1-17-14(16)11-8-6-10(7-9-11)12-4-2-3-5-13(12)15/h2-9H,1H3. The van der Waals surface area contributed by atoms with E-state index in [1.54, 1.807) is 42.5 Å². The molecule has 17 heavy (non-hydrogen) atoms. The van der Waals surface area contributed by atoms with Gasteiger partial charge in [-0.3, -0.25) is 0 Å². The Morgan fingerprint density at radius 2 is 1.71 bits per heavy atom. The lowest BCUT2D eigenvalue weighted by atomic mass is 10.0. The first-order chi connectivity index (χ1) is 8.22. The molecule has 86 valence electrons. The first-order valence-electron chi connectivity index (χ1n) is 5.15. The van der Waals surface area contributed by atoms with Gasteiger partial charge in [0.25, 0.3) is 0 Å². The van der Waals surface area contributed by atoms with Crippen molar-refractivity contribution >= 4 is 5.97 Å². The van der Waals surface area contributed by atoms with Crippen LogP contribution in [-0.2, 0) is 4.74 Å². The summed E-state index contributed by atoms with van der Waals surface area (Å²) >= 11 is 0. The van der Waals surface area contributed by atoms with E-state index in [1.165, 1.54) is 13.2 Å². The molecule has 3 heteroatoms. The summed E-state index contributed by atoms with van der Waals surface area (Å²) in [6, 6.07) is 13.1. The summed E-state index contributed by atoms with van der Waals surface area (Å²) in [5.74, 6) is -0.677. The summed E-state index contributed by atoms with van der Waals surface area (Å²) in [4.78, 5) is 11.2. The van der Waals surface area contributed by atoms with Gasteiger partial charge in [0, 0.05) is 5.56 Å². The molecule has 0 aliphatic rings. The molecule has 0 unspecified atom stereocenters. The van der Waals surface area contributed by atoms with Gasteiger partial charge in [-0.1, -0.05) is 30.3 Å². The number of carbonyl (C=O) groups excluding carboxylic acids is 1. The normalized spacial score (nSPS) is 10.0. The molecule has 0 radical (unpaired) electrons. The van der Waals surface area contributed by atoms with Crippen LogP contribution in [0.2, 0.25) is 0 Å². The second-order valence-electron chi connectivity index (χ2n) is 3.55. The zero-order valence-electron chi connectivity index (χ0n) is 9.31. The third-order valence-electron chi connectivity index (χ3n) is 2.49. The highest BCUT2D eigenvalue weighted by Gasteiger charge is 2.07. The van der Waals surface area contributed by atoms with Crippen molar-refractivity contribution in [2.24, 2.45) is 0 Å². The summed E-state index contributed by atoms with van der Waals surface area (Å²) < 4.78 is 18.1. The average molecular weight is 230 g/mol. The maximum atomic E-state index is 13.5. The van der Waals surface area contributed by atoms with Gasteiger partial charge in [0.1, 0.15) is 5.82 Å². The fourth-order valence-electron chi connectivity index (χ4n) is 1.60. The highest BCUT2D eigenvalue weighted by atomic mass is 19.1. The van der Waals surface area contributed by atoms with Crippen LogP contribution in [0.3, 0.4) is 0 Å². The predicted molar refractivity (Wildman–Crippen MR) is 63.2 cm³/mol. The highest BCUT2D eigenvalue weighted by Crippen LogP contribution is 2.22. The number of hydrogen-bond donors (Lipinski definition) is 0. The molecule has 2 nitrogen and oxygen atoms in total. The monoisotopic (exact) mass is 230 g/mol. The third-order valence-corrected chi connectivity index (χ3v) is 2.49. The molecule has 0 N–H and O–H groups in total. The van der Waals surface area contributed by atoms with E-state index in [9.17, 15) is 9.18 Å². The number of ether oxygens (including phenoxy) is 1. The molecule has 2 aromatic carbocycles. The van der Waals surface area contributed by atoms with Crippen molar-refractivity contribution in [3.63, 3.8) is 0 Å². The van der Waals surface area contributed by atoms with E-state index in [0.29, 0.717) is 11.1 Å². The third kappa shape index (κ3) is 2.33. The van der Waals surface area contributed by atoms with Crippen LogP contribution in [0.1, 0.15) is 10.4 Å². The quantitative estimate of drug-likeness (QED) is 0.740. The maximum absolute atomic E-state index is 13.5. The number of hydrogen-bond acceptors (Lipinski definition) is 2. The van der Waals surface area contributed by atoms with Gasteiger partial charge < -0.3 is 4.74 Å². The van der Waals surface area contributed by atoms with Gasteiger partial charge in [-0.25, -0.2) is 9.18 Å². The van der Waals surface area contributed by atoms with E-state index >= 15 is 0 Å². The molecular weight excluding hydrogens is 219 g/mol. The van der Waals surface area contributed by atoms with E-state index in [-0.39, 0.29) is 5.82 Å². The van der Waals surface area contributed by atoms with Gasteiger partial charge in [0.15, 0.2) is 0 Å². The van der Waals surface area contributed by atoms with Gasteiger partial charge >= 0.3 is 5.97 Å². The predicted octanol–water partition coefficient (Wildman–Crippen LogP) is 3.28. The zero-order chi connectivity index (χ0) is 12.3. The lowest BCUT2D eigenvalue weighted by Crippen LogP contribution is -2.00. The van der Waals surface area contributed by atoms with Crippen LogP contribution in [0.15, 0.2) is 48.5 Å². The van der Waals surface area contributed by atoms with E-state index in [4.69, 9.17) is 0 Å². The number of carbonyl (C=O) groups is 1. The van der Waals surface area contributed by atoms with Gasteiger partial charge in [-0.2, -0.15) is 0 Å². The highest BCUT2D eigenvalue weighted by molar-refractivity contribution is 5.89. The van der Waals surface area contributed by atoms with Crippen LogP contribution in [0, 0.1) is 5.82 Å². The molecule has 0 spiro atoms. The molecule has 0 heterocycles. The SMILES string of the molecule is COC(=O)c1ccc(-c2ccccc2F)cc1. The summed E-state index contributed by atoms with van der Waals surface area (Å²) in [6.07, 6.45) is 0. The fourth-order valence-corrected chi connectivity index (χ4v) is 1.60. The molecule has 0 saturated heterocycles. The van der Waals surface area contributed by atoms with E-state index in [0.717, 1.165) is 5.56 Å². The smallest absolute Gasteiger partial charge is 0.337 e. The van der Waals surface area contributed by atoms with Crippen molar-refractivity contribution < 1.29 is 13.9 Å². The van der Waals surface area contributed by atoms with Crippen LogP contribution < -0.4 is 0 Å². The fraction of sp³-hybridized carbons (Fsp3) is 0.0714. The Morgan fingerprint density at radius 1 is 1.06 bits per heavy atom. The molecule has 0 saturated carbocycles. The molecule has 0 fully saturated rings. The average Bonchev–Trinajstić information content (AvgIpc) is 2.39. The molecule has 0 amide bonds. The first kappa shape index (κ1) is 11.3. The maximum Gasteiger partial charge on any atom is 0.337 e. The summed E-state index contributed by atoms with van der Waals surface area (Å²) in [5.41, 5.74) is 1.70. The first-order valence-corrected chi connectivity index (χ1v) is 5.15. The van der Waals surface area contributed by atoms with Gasteiger partial charge in [-0.15, -0.1) is 0 Å². The van der Waals surface area contributed by atoms with Crippen molar-refractivity contribution in [2.75, 3.05) is 7.11 Å². The Kier molecular flexibility index (Phi) is 3.19. The molecular formula is C14H11FO2. The van der Waals surface area contributed by atoms with Crippen LogP contribution >= 0.6 is 0 Å². The minimum Gasteiger partial charge on any atom is -0.465 e. The van der Waals surface area contributed by atoms with Gasteiger partial charge in [0.2, 0.25) is 0 Å². The van der Waals surface area contributed by atoms with Crippen molar-refractivity contribution in [2.45, 2.75) is 0 Å². The number of rotatable bonds is 2. The zero-order valence-corrected chi connectivity index (χ0v) is 9.31. The molecule has 0 aliphatic carbocycles. The van der Waals surface area contributed by atoms with Crippen LogP contribution in [-0.4, -0.2) is 13.1 Å². The van der Waals surface area contributed by atoms with E-state index in [2.05, 4.69) is 4.74 Å². The molecule has 0 bridgehead atoms. The Bertz CT molecular complexity index is 532. The minimum absolute atomic E-state index is 0.279. The number of esters is 1. The molecule has 0 aliphatic heterocycles. The van der Waals surface area contributed by atoms with Gasteiger partial charge in [0.05, 0.1) is 12.7 Å². The minimum atomic E-state index is -0.398. The Hall–Kier alpha value is -2.16. The molecule has 2 aromatic rings. The summed E-state index contributed by atoms with van der Waals surface area (Å²) in [7, 11) is 1.33. The number of halogens is 1. The Labute approximate surface area is 98.7 Å². The lowest BCUT2D eigenvalue weighted by molar-refractivity contribution is 0.0601. The second-order valence-corrected chi connectivity index (χ2v) is 3.55. The van der Waals surface area contributed by atoms with Crippen molar-refractivity contribution in [1.82, 2.24) is 0 Å². The number of methoxy groups -OCH3 is 1. The Balaban J connectivity index is 2.36. The van der Waals surface area contributed by atoms with E-state index in [1.807, 2.05) is 0 Å². The van der Waals surface area contributed by atoms with Crippen molar-refractivity contribution in [3.8, 4) is 11.1 Å². The summed E-state index contributed by atoms with van der Waals surface area (Å²) in [6.45, 7) is 0. The van der Waals surface area contributed by atoms with Crippen LogP contribution in [0.25, 0.3) is 11.1 Å².